The maximum Gasteiger partial charge on any atom is 0.242 e. The summed E-state index contributed by atoms with van der Waals surface area (Å²) in [5.41, 5.74) is 0. The predicted molar refractivity (Wildman–Crippen MR) is 63.1 cm³/mol. The third-order valence-corrected chi connectivity index (χ3v) is 3.68. The SMILES string of the molecule is O=S(=O)(N[C@H](O)C(Cl)(Cl)Cl)c1ccccc1. The summed E-state index contributed by atoms with van der Waals surface area (Å²) in [7, 11) is -3.90. The van der Waals surface area contributed by atoms with Crippen LogP contribution in [0.5, 0.6) is 0 Å². The van der Waals surface area contributed by atoms with Crippen molar-refractivity contribution in [2.24, 2.45) is 0 Å². The van der Waals surface area contributed by atoms with E-state index >= 15 is 0 Å². The monoisotopic (exact) mass is 303 g/mol. The lowest BCUT2D eigenvalue weighted by atomic mass is 10.4. The van der Waals surface area contributed by atoms with E-state index < -0.39 is 20.0 Å². The number of halogens is 3. The average molecular weight is 305 g/mol. The number of hydrogen-bond acceptors (Lipinski definition) is 3. The molecule has 0 bridgehead atoms. The van der Waals surface area contributed by atoms with Crippen molar-refractivity contribution in [3.63, 3.8) is 0 Å². The number of aliphatic hydroxyl groups is 1. The molecule has 0 saturated heterocycles. The first-order valence-electron chi connectivity index (χ1n) is 4.05. The van der Waals surface area contributed by atoms with E-state index in [4.69, 9.17) is 34.8 Å². The molecule has 0 radical (unpaired) electrons. The van der Waals surface area contributed by atoms with Crippen LogP contribution in [0.15, 0.2) is 35.2 Å². The highest BCUT2D eigenvalue weighted by molar-refractivity contribution is 7.89. The Bertz CT molecular complexity index is 443. The Kier molecular flexibility index (Phi) is 4.45. The van der Waals surface area contributed by atoms with E-state index in [1.165, 1.54) is 24.3 Å². The van der Waals surface area contributed by atoms with E-state index in [9.17, 15) is 13.5 Å². The third-order valence-electron chi connectivity index (χ3n) is 1.63. The fourth-order valence-corrected chi connectivity index (χ4v) is 2.36. The molecule has 1 aromatic carbocycles. The highest BCUT2D eigenvalue weighted by Crippen LogP contribution is 2.29. The lowest BCUT2D eigenvalue weighted by Gasteiger charge is -2.19. The van der Waals surface area contributed by atoms with Crippen molar-refractivity contribution < 1.29 is 13.5 Å². The van der Waals surface area contributed by atoms with Crippen LogP contribution < -0.4 is 4.72 Å². The summed E-state index contributed by atoms with van der Waals surface area (Å²) in [6.45, 7) is 0. The third kappa shape index (κ3) is 3.76. The van der Waals surface area contributed by atoms with Crippen molar-refractivity contribution >= 4 is 44.8 Å². The molecule has 0 heterocycles. The summed E-state index contributed by atoms with van der Waals surface area (Å²) in [4.78, 5) is -0.0247. The smallest absolute Gasteiger partial charge is 0.242 e. The zero-order chi connectivity index (χ0) is 12.4. The van der Waals surface area contributed by atoms with Crippen molar-refractivity contribution in [1.29, 1.82) is 0 Å². The number of nitrogens with one attached hydrogen (secondary N) is 1. The van der Waals surface area contributed by atoms with E-state index in [0.717, 1.165) is 0 Å². The summed E-state index contributed by atoms with van der Waals surface area (Å²) in [5, 5.41) is 9.30. The Balaban J connectivity index is 2.90. The first kappa shape index (κ1) is 14.0. The van der Waals surface area contributed by atoms with Crippen molar-refractivity contribution in [3.8, 4) is 0 Å². The average Bonchev–Trinajstić information content (AvgIpc) is 2.17. The summed E-state index contributed by atoms with van der Waals surface area (Å²) in [6.07, 6.45) is -1.82. The first-order valence-corrected chi connectivity index (χ1v) is 6.67. The van der Waals surface area contributed by atoms with Crippen LogP contribution in [0.2, 0.25) is 0 Å². The molecule has 1 rings (SSSR count). The summed E-state index contributed by atoms with van der Waals surface area (Å²) < 4.78 is 23.0. The molecule has 0 aliphatic heterocycles. The lowest BCUT2D eigenvalue weighted by molar-refractivity contribution is 0.167. The molecule has 4 nitrogen and oxygen atoms in total. The van der Waals surface area contributed by atoms with Crippen LogP contribution in [0.3, 0.4) is 0 Å². The van der Waals surface area contributed by atoms with Gasteiger partial charge >= 0.3 is 0 Å². The van der Waals surface area contributed by atoms with Crippen LogP contribution in [-0.4, -0.2) is 23.5 Å². The second-order valence-electron chi connectivity index (χ2n) is 2.88. The molecule has 90 valence electrons. The topological polar surface area (TPSA) is 66.4 Å². The number of aliphatic hydroxyl groups excluding tert-OH is 1. The fraction of sp³-hybridized carbons (Fsp3) is 0.250. The van der Waals surface area contributed by atoms with E-state index in [1.807, 2.05) is 4.72 Å². The highest BCUT2D eigenvalue weighted by atomic mass is 35.6. The van der Waals surface area contributed by atoms with Gasteiger partial charge < -0.3 is 5.11 Å². The Hall–Kier alpha value is -0.0400. The molecule has 2 N–H and O–H groups in total. The van der Waals surface area contributed by atoms with Crippen molar-refractivity contribution in [2.75, 3.05) is 0 Å². The highest BCUT2D eigenvalue weighted by Gasteiger charge is 2.34. The quantitative estimate of drug-likeness (QED) is 0.659. The van der Waals surface area contributed by atoms with Crippen molar-refractivity contribution in [2.45, 2.75) is 14.9 Å². The van der Waals surface area contributed by atoms with Crippen LogP contribution in [0.1, 0.15) is 0 Å². The standard InChI is InChI=1S/C8H8Cl3NO3S/c9-8(10,11)7(13)12-16(14,15)6-4-2-1-3-5-6/h1-5,7,12-13H/t7-/m1/s1. The van der Waals surface area contributed by atoms with Crippen LogP contribution >= 0.6 is 34.8 Å². The van der Waals surface area contributed by atoms with Gasteiger partial charge in [0.1, 0.15) is 0 Å². The van der Waals surface area contributed by atoms with Gasteiger partial charge in [0.2, 0.25) is 13.8 Å². The molecule has 8 heteroatoms. The van der Waals surface area contributed by atoms with E-state index in [2.05, 4.69) is 0 Å². The minimum atomic E-state index is -3.90. The molecule has 0 unspecified atom stereocenters. The number of alkyl halides is 3. The fourth-order valence-electron chi connectivity index (χ4n) is 0.881. The molecular formula is C8H8Cl3NO3S. The van der Waals surface area contributed by atoms with E-state index in [-0.39, 0.29) is 4.90 Å². The predicted octanol–water partition coefficient (Wildman–Crippen LogP) is 1.65. The van der Waals surface area contributed by atoms with Gasteiger partial charge in [-0.25, -0.2) is 8.42 Å². The molecular weight excluding hydrogens is 297 g/mol. The second-order valence-corrected chi connectivity index (χ2v) is 6.96. The van der Waals surface area contributed by atoms with Crippen LogP contribution in [-0.2, 0) is 10.0 Å². The largest absolute Gasteiger partial charge is 0.373 e. The van der Waals surface area contributed by atoms with Gasteiger partial charge in [-0.15, -0.1) is 0 Å². The van der Waals surface area contributed by atoms with Crippen LogP contribution in [0, 0.1) is 0 Å². The van der Waals surface area contributed by atoms with Gasteiger partial charge in [-0.3, -0.25) is 0 Å². The molecule has 0 spiro atoms. The number of benzene rings is 1. The first-order chi connectivity index (χ1) is 7.23. The molecule has 0 aromatic heterocycles. The van der Waals surface area contributed by atoms with Gasteiger partial charge in [0.15, 0.2) is 6.23 Å². The maximum atomic E-state index is 11.6. The number of hydrogen-bond donors (Lipinski definition) is 2. The minimum Gasteiger partial charge on any atom is -0.373 e. The van der Waals surface area contributed by atoms with Gasteiger partial charge in [-0.05, 0) is 12.1 Å². The Labute approximate surface area is 108 Å². The minimum absolute atomic E-state index is 0.0247. The van der Waals surface area contributed by atoms with Crippen molar-refractivity contribution in [3.05, 3.63) is 30.3 Å². The van der Waals surface area contributed by atoms with Gasteiger partial charge in [0.25, 0.3) is 0 Å². The van der Waals surface area contributed by atoms with Gasteiger partial charge in [0, 0.05) is 0 Å². The van der Waals surface area contributed by atoms with Gasteiger partial charge in [0.05, 0.1) is 4.90 Å². The molecule has 0 saturated carbocycles. The number of rotatable bonds is 3. The molecule has 0 amide bonds. The van der Waals surface area contributed by atoms with E-state index in [0.29, 0.717) is 0 Å². The van der Waals surface area contributed by atoms with Crippen molar-refractivity contribution in [1.82, 2.24) is 4.72 Å². The molecule has 1 atom stereocenters. The zero-order valence-electron chi connectivity index (χ0n) is 7.77. The van der Waals surface area contributed by atoms with E-state index in [1.54, 1.807) is 6.07 Å². The molecule has 0 fully saturated rings. The molecule has 0 aliphatic carbocycles. The molecule has 16 heavy (non-hydrogen) atoms. The summed E-state index contributed by atoms with van der Waals surface area (Å²) in [6, 6.07) is 7.44. The maximum absolute atomic E-state index is 11.6. The van der Waals surface area contributed by atoms with Crippen LogP contribution in [0.25, 0.3) is 0 Å². The molecule has 1 aromatic rings. The second kappa shape index (κ2) is 5.08. The molecule has 0 aliphatic rings. The number of sulfonamides is 1. The summed E-state index contributed by atoms with van der Waals surface area (Å²) in [5.74, 6) is 0. The Morgan fingerprint density at radius 1 is 1.19 bits per heavy atom. The normalized spacial score (nSPS) is 14.8. The Morgan fingerprint density at radius 2 is 1.69 bits per heavy atom. The van der Waals surface area contributed by atoms with Gasteiger partial charge in [-0.1, -0.05) is 53.0 Å². The summed E-state index contributed by atoms with van der Waals surface area (Å²) >= 11 is 16.0. The Morgan fingerprint density at radius 3 is 2.12 bits per heavy atom. The zero-order valence-corrected chi connectivity index (χ0v) is 10.9. The van der Waals surface area contributed by atoms with Crippen LogP contribution in [0.4, 0.5) is 0 Å². The van der Waals surface area contributed by atoms with Gasteiger partial charge in [-0.2, -0.15) is 4.72 Å². The lowest BCUT2D eigenvalue weighted by Crippen LogP contribution is -2.43.